The van der Waals surface area contributed by atoms with Crippen molar-refractivity contribution in [2.24, 2.45) is 5.73 Å². The van der Waals surface area contributed by atoms with Gasteiger partial charge in [-0.2, -0.15) is 0 Å². The summed E-state index contributed by atoms with van der Waals surface area (Å²) in [5, 5.41) is 5.76. The van der Waals surface area contributed by atoms with Crippen molar-refractivity contribution in [2.45, 2.75) is 75.4 Å². The molecule has 0 unspecified atom stereocenters. The molecular formula is C16H26N4O3. The molecule has 2 aliphatic carbocycles. The molecule has 7 heteroatoms. The first-order valence-corrected chi connectivity index (χ1v) is 8.69. The van der Waals surface area contributed by atoms with E-state index in [2.05, 4.69) is 10.6 Å². The van der Waals surface area contributed by atoms with Crippen molar-refractivity contribution < 1.29 is 14.4 Å². The van der Waals surface area contributed by atoms with Crippen molar-refractivity contribution >= 4 is 17.8 Å². The van der Waals surface area contributed by atoms with Gasteiger partial charge in [-0.25, -0.2) is 4.79 Å². The van der Waals surface area contributed by atoms with Crippen LogP contribution in [-0.4, -0.2) is 46.9 Å². The Labute approximate surface area is 136 Å². The highest BCUT2D eigenvalue weighted by molar-refractivity contribution is 6.09. The highest BCUT2D eigenvalue weighted by Gasteiger charge is 2.51. The fourth-order valence-corrected chi connectivity index (χ4v) is 3.99. The smallest absolute Gasteiger partial charge is 0.325 e. The van der Waals surface area contributed by atoms with Gasteiger partial charge in [-0.3, -0.25) is 14.5 Å². The van der Waals surface area contributed by atoms with E-state index >= 15 is 0 Å². The Morgan fingerprint density at radius 3 is 2.48 bits per heavy atom. The minimum atomic E-state index is -0.757. The lowest BCUT2D eigenvalue weighted by atomic mass is 9.82. The fraction of sp³-hybridized carbons (Fsp3) is 0.812. The van der Waals surface area contributed by atoms with Gasteiger partial charge in [-0.1, -0.05) is 19.3 Å². The van der Waals surface area contributed by atoms with Crippen LogP contribution < -0.4 is 16.4 Å². The maximum absolute atomic E-state index is 12.6. The number of urea groups is 1. The largest absolute Gasteiger partial charge is 0.352 e. The molecule has 1 spiro atoms. The highest BCUT2D eigenvalue weighted by Crippen LogP contribution is 2.33. The van der Waals surface area contributed by atoms with Crippen molar-refractivity contribution in [1.29, 1.82) is 0 Å². The molecule has 7 nitrogen and oxygen atoms in total. The number of rotatable bonds is 3. The van der Waals surface area contributed by atoms with E-state index in [0.717, 1.165) is 49.8 Å². The lowest BCUT2D eigenvalue weighted by molar-refractivity contribution is -0.136. The predicted molar refractivity (Wildman–Crippen MR) is 84.4 cm³/mol. The van der Waals surface area contributed by atoms with Gasteiger partial charge < -0.3 is 16.4 Å². The number of nitrogens with one attached hydrogen (secondary N) is 2. The number of carbonyl (C=O) groups is 3. The van der Waals surface area contributed by atoms with Crippen LogP contribution in [-0.2, 0) is 9.59 Å². The molecule has 4 N–H and O–H groups in total. The van der Waals surface area contributed by atoms with Gasteiger partial charge in [0.2, 0.25) is 5.91 Å². The second-order valence-corrected chi connectivity index (χ2v) is 7.14. The van der Waals surface area contributed by atoms with E-state index < -0.39 is 11.6 Å². The van der Waals surface area contributed by atoms with Crippen LogP contribution in [0.3, 0.4) is 0 Å². The highest BCUT2D eigenvalue weighted by atomic mass is 16.2. The van der Waals surface area contributed by atoms with Crippen LogP contribution in [0.1, 0.15) is 57.8 Å². The van der Waals surface area contributed by atoms with Crippen LogP contribution in [0.25, 0.3) is 0 Å². The Bertz CT molecular complexity index is 494. The third-order valence-electron chi connectivity index (χ3n) is 5.39. The Kier molecular flexibility index (Phi) is 4.57. The fourth-order valence-electron chi connectivity index (χ4n) is 3.99. The van der Waals surface area contributed by atoms with Crippen LogP contribution in [0.4, 0.5) is 4.79 Å². The number of hydrogen-bond acceptors (Lipinski definition) is 4. The minimum absolute atomic E-state index is 0.103. The van der Waals surface area contributed by atoms with E-state index in [1.165, 1.54) is 0 Å². The first-order valence-electron chi connectivity index (χ1n) is 8.69. The van der Waals surface area contributed by atoms with Crippen LogP contribution >= 0.6 is 0 Å². The number of hydrogen-bond donors (Lipinski definition) is 3. The molecule has 0 atom stereocenters. The maximum Gasteiger partial charge on any atom is 0.325 e. The monoisotopic (exact) mass is 322 g/mol. The molecule has 3 rings (SSSR count). The van der Waals surface area contributed by atoms with Crippen molar-refractivity contribution in [1.82, 2.24) is 15.5 Å². The van der Waals surface area contributed by atoms with Crippen molar-refractivity contribution in [3.63, 3.8) is 0 Å². The predicted octanol–water partition coefficient (Wildman–Crippen LogP) is 0.627. The molecule has 0 radical (unpaired) electrons. The number of carbonyl (C=O) groups excluding carboxylic acids is 3. The lowest BCUT2D eigenvalue weighted by Gasteiger charge is -2.30. The summed E-state index contributed by atoms with van der Waals surface area (Å²) < 4.78 is 0. The lowest BCUT2D eigenvalue weighted by Crippen LogP contribution is -2.49. The Hall–Kier alpha value is -1.63. The zero-order chi connectivity index (χ0) is 16.4. The standard InChI is InChI=1S/C16H26N4O3/c17-11-4-6-12(7-5-11)18-13(21)10-20-14(22)16(19-15(20)23)8-2-1-3-9-16/h11-12H,1-10,17H2,(H,18,21)(H,19,23). The molecule has 3 aliphatic rings. The summed E-state index contributed by atoms with van der Waals surface area (Å²) in [7, 11) is 0. The summed E-state index contributed by atoms with van der Waals surface area (Å²) in [4.78, 5) is 38.0. The second-order valence-electron chi connectivity index (χ2n) is 7.14. The SMILES string of the molecule is NC1CCC(NC(=O)CN2C(=O)NC3(CCCCC3)C2=O)CC1. The van der Waals surface area contributed by atoms with E-state index in [-0.39, 0.29) is 30.4 Å². The van der Waals surface area contributed by atoms with Crippen LogP contribution in [0.15, 0.2) is 0 Å². The van der Waals surface area contributed by atoms with Crippen molar-refractivity contribution in [2.75, 3.05) is 6.54 Å². The van der Waals surface area contributed by atoms with Crippen molar-refractivity contribution in [3.05, 3.63) is 0 Å². The summed E-state index contributed by atoms with van der Waals surface area (Å²) in [5.41, 5.74) is 5.10. The number of nitrogens with zero attached hydrogens (tertiary/aromatic N) is 1. The summed E-state index contributed by atoms with van der Waals surface area (Å²) in [6.07, 6.45) is 7.84. The van der Waals surface area contributed by atoms with Gasteiger partial charge in [-0.15, -0.1) is 0 Å². The Balaban J connectivity index is 1.56. The number of amides is 4. The molecule has 128 valence electrons. The molecule has 0 bridgehead atoms. The Morgan fingerprint density at radius 2 is 1.83 bits per heavy atom. The quantitative estimate of drug-likeness (QED) is 0.663. The zero-order valence-corrected chi connectivity index (χ0v) is 13.5. The summed E-state index contributed by atoms with van der Waals surface area (Å²) in [5.74, 6) is -0.496. The molecule has 23 heavy (non-hydrogen) atoms. The van der Waals surface area contributed by atoms with Gasteiger partial charge in [0, 0.05) is 12.1 Å². The number of nitrogens with two attached hydrogens (primary N) is 1. The topological polar surface area (TPSA) is 105 Å². The minimum Gasteiger partial charge on any atom is -0.352 e. The van der Waals surface area contributed by atoms with Crippen LogP contribution in [0, 0.1) is 0 Å². The number of imide groups is 1. The average Bonchev–Trinajstić information content (AvgIpc) is 2.75. The molecule has 0 aromatic heterocycles. The molecule has 4 amide bonds. The molecule has 0 aromatic rings. The molecule has 2 saturated carbocycles. The molecule has 1 heterocycles. The zero-order valence-electron chi connectivity index (χ0n) is 13.5. The van der Waals surface area contributed by atoms with E-state index in [4.69, 9.17) is 5.73 Å². The van der Waals surface area contributed by atoms with E-state index in [9.17, 15) is 14.4 Å². The average molecular weight is 322 g/mol. The second kappa shape index (κ2) is 6.47. The van der Waals surface area contributed by atoms with Crippen LogP contribution in [0.5, 0.6) is 0 Å². The van der Waals surface area contributed by atoms with Gasteiger partial charge >= 0.3 is 6.03 Å². The third-order valence-corrected chi connectivity index (χ3v) is 5.39. The normalized spacial score (nSPS) is 30.4. The van der Waals surface area contributed by atoms with Gasteiger partial charge in [-0.05, 0) is 38.5 Å². The third kappa shape index (κ3) is 3.34. The van der Waals surface area contributed by atoms with Gasteiger partial charge in [0.05, 0.1) is 0 Å². The molecule has 1 aliphatic heterocycles. The van der Waals surface area contributed by atoms with E-state index in [0.29, 0.717) is 12.8 Å². The first kappa shape index (κ1) is 16.2. The molecule has 1 saturated heterocycles. The summed E-state index contributed by atoms with van der Waals surface area (Å²) in [6, 6.07) is -0.107. The molecule has 0 aromatic carbocycles. The Morgan fingerprint density at radius 1 is 1.17 bits per heavy atom. The summed E-state index contributed by atoms with van der Waals surface area (Å²) >= 11 is 0. The van der Waals surface area contributed by atoms with E-state index in [1.54, 1.807) is 0 Å². The molecular weight excluding hydrogens is 296 g/mol. The van der Waals surface area contributed by atoms with Gasteiger partial charge in [0.25, 0.3) is 5.91 Å². The molecule has 3 fully saturated rings. The van der Waals surface area contributed by atoms with Crippen LogP contribution in [0.2, 0.25) is 0 Å². The van der Waals surface area contributed by atoms with Gasteiger partial charge in [0.15, 0.2) is 0 Å². The first-order chi connectivity index (χ1) is 11.0. The van der Waals surface area contributed by atoms with Gasteiger partial charge in [0.1, 0.15) is 12.1 Å². The van der Waals surface area contributed by atoms with E-state index in [1.807, 2.05) is 0 Å². The maximum atomic E-state index is 12.6. The van der Waals surface area contributed by atoms with Crippen molar-refractivity contribution in [3.8, 4) is 0 Å². The summed E-state index contributed by atoms with van der Waals surface area (Å²) in [6.45, 7) is -0.186.